The number of hydrogen-bond acceptors (Lipinski definition) is 3. The molecule has 86 valence electrons. The number of benzene rings is 2. The molecule has 5 N–H and O–H groups in total. The van der Waals surface area contributed by atoms with Gasteiger partial charge in [-0.15, -0.1) is 0 Å². The highest BCUT2D eigenvalue weighted by Gasteiger charge is 2.06. The molecule has 2 aromatic carbocycles. The first-order valence-electron chi connectivity index (χ1n) is 4.96. The van der Waals surface area contributed by atoms with Crippen molar-refractivity contribution < 1.29 is 9.59 Å². The van der Waals surface area contributed by atoms with E-state index >= 15 is 0 Å². The lowest BCUT2D eigenvalue weighted by molar-refractivity contribution is 0.0952. The van der Waals surface area contributed by atoms with E-state index in [1.165, 1.54) is 0 Å². The third-order valence-corrected chi connectivity index (χ3v) is 2.52. The van der Waals surface area contributed by atoms with Gasteiger partial charge >= 0.3 is 0 Å². The van der Waals surface area contributed by atoms with E-state index in [-0.39, 0.29) is 5.91 Å². The van der Waals surface area contributed by atoms with Gasteiger partial charge in [-0.05, 0) is 35.0 Å². The summed E-state index contributed by atoms with van der Waals surface area (Å²) >= 11 is 0. The van der Waals surface area contributed by atoms with Crippen molar-refractivity contribution in [1.82, 2.24) is 5.43 Å². The molecule has 0 spiro atoms. The normalized spacial score (nSPS) is 10.2. The van der Waals surface area contributed by atoms with Crippen LogP contribution in [0.3, 0.4) is 0 Å². The molecular formula is C12H11N3O2. The first-order chi connectivity index (χ1) is 8.11. The Balaban J connectivity index is 2.54. The summed E-state index contributed by atoms with van der Waals surface area (Å²) in [5.74, 6) is 4.22. The fourth-order valence-corrected chi connectivity index (χ4v) is 1.62. The van der Waals surface area contributed by atoms with Gasteiger partial charge in [0.05, 0.1) is 0 Å². The third-order valence-electron chi connectivity index (χ3n) is 2.52. The number of nitrogens with one attached hydrogen (secondary N) is 1. The zero-order chi connectivity index (χ0) is 12.4. The molecule has 0 radical (unpaired) electrons. The molecule has 0 saturated heterocycles. The Labute approximate surface area is 97.4 Å². The number of hydrogen-bond donors (Lipinski definition) is 3. The molecule has 0 aliphatic carbocycles. The topological polar surface area (TPSA) is 98.2 Å². The molecule has 0 atom stereocenters. The van der Waals surface area contributed by atoms with Crippen LogP contribution in [-0.4, -0.2) is 11.8 Å². The number of carbonyl (C=O) groups is 2. The molecule has 17 heavy (non-hydrogen) atoms. The largest absolute Gasteiger partial charge is 0.366 e. The number of nitrogen functional groups attached to an aromatic ring is 1. The van der Waals surface area contributed by atoms with Crippen LogP contribution in [0.15, 0.2) is 36.4 Å². The third kappa shape index (κ3) is 2.09. The SMILES string of the molecule is NNC(=O)c1ccc2cc(C(N)=O)ccc2c1. The van der Waals surface area contributed by atoms with Gasteiger partial charge in [0.25, 0.3) is 5.91 Å². The Bertz CT molecular complexity index is 608. The molecule has 5 heteroatoms. The van der Waals surface area contributed by atoms with Crippen molar-refractivity contribution in [2.75, 3.05) is 0 Å². The van der Waals surface area contributed by atoms with Crippen LogP contribution in [0.2, 0.25) is 0 Å². The summed E-state index contributed by atoms with van der Waals surface area (Å²) in [4.78, 5) is 22.3. The highest BCUT2D eigenvalue weighted by Crippen LogP contribution is 2.17. The first kappa shape index (κ1) is 11.1. The summed E-state index contributed by atoms with van der Waals surface area (Å²) in [6.07, 6.45) is 0. The van der Waals surface area contributed by atoms with Crippen molar-refractivity contribution in [3.8, 4) is 0 Å². The number of hydrazine groups is 1. The second-order valence-electron chi connectivity index (χ2n) is 3.61. The molecule has 2 aromatic rings. The van der Waals surface area contributed by atoms with Gasteiger partial charge in [0.1, 0.15) is 0 Å². The van der Waals surface area contributed by atoms with E-state index in [0.717, 1.165) is 10.8 Å². The number of nitrogens with two attached hydrogens (primary N) is 2. The maximum Gasteiger partial charge on any atom is 0.265 e. The maximum absolute atomic E-state index is 11.3. The van der Waals surface area contributed by atoms with Crippen molar-refractivity contribution in [1.29, 1.82) is 0 Å². The van der Waals surface area contributed by atoms with Gasteiger partial charge in [0.15, 0.2) is 0 Å². The van der Waals surface area contributed by atoms with Gasteiger partial charge in [-0.2, -0.15) is 0 Å². The fourth-order valence-electron chi connectivity index (χ4n) is 1.62. The van der Waals surface area contributed by atoms with Gasteiger partial charge in [0, 0.05) is 11.1 Å². The van der Waals surface area contributed by atoms with Crippen molar-refractivity contribution >= 4 is 22.6 Å². The lowest BCUT2D eigenvalue weighted by atomic mass is 10.0. The summed E-state index contributed by atoms with van der Waals surface area (Å²) < 4.78 is 0. The van der Waals surface area contributed by atoms with Crippen LogP contribution >= 0.6 is 0 Å². The van der Waals surface area contributed by atoms with E-state index in [2.05, 4.69) is 5.43 Å². The minimum atomic E-state index is -0.476. The Morgan fingerprint density at radius 3 is 2.00 bits per heavy atom. The van der Waals surface area contributed by atoms with E-state index in [4.69, 9.17) is 11.6 Å². The predicted octanol–water partition coefficient (Wildman–Crippen LogP) is 0.542. The number of amides is 2. The van der Waals surface area contributed by atoms with E-state index in [0.29, 0.717) is 11.1 Å². The van der Waals surface area contributed by atoms with Crippen molar-refractivity contribution in [2.45, 2.75) is 0 Å². The highest BCUT2D eigenvalue weighted by atomic mass is 16.2. The van der Waals surface area contributed by atoms with Crippen LogP contribution in [-0.2, 0) is 0 Å². The molecule has 0 heterocycles. The second-order valence-corrected chi connectivity index (χ2v) is 3.61. The van der Waals surface area contributed by atoms with Crippen LogP contribution in [0.1, 0.15) is 20.7 Å². The maximum atomic E-state index is 11.3. The van der Waals surface area contributed by atoms with Crippen molar-refractivity contribution in [3.05, 3.63) is 47.5 Å². The summed E-state index contributed by atoms with van der Waals surface area (Å²) in [6.45, 7) is 0. The van der Waals surface area contributed by atoms with Gasteiger partial charge in [-0.25, -0.2) is 5.84 Å². The zero-order valence-electron chi connectivity index (χ0n) is 8.94. The molecule has 2 rings (SSSR count). The number of carbonyl (C=O) groups excluding carboxylic acids is 2. The van der Waals surface area contributed by atoms with E-state index in [1.54, 1.807) is 36.4 Å². The van der Waals surface area contributed by atoms with Gasteiger partial charge in [0.2, 0.25) is 5.91 Å². The van der Waals surface area contributed by atoms with Crippen LogP contribution in [0.4, 0.5) is 0 Å². The van der Waals surface area contributed by atoms with Crippen LogP contribution < -0.4 is 17.0 Å². The predicted molar refractivity (Wildman–Crippen MR) is 64.1 cm³/mol. The van der Waals surface area contributed by atoms with Crippen LogP contribution in [0.5, 0.6) is 0 Å². The quantitative estimate of drug-likeness (QED) is 0.398. The Morgan fingerprint density at radius 1 is 0.941 bits per heavy atom. The van der Waals surface area contributed by atoms with Crippen molar-refractivity contribution in [3.63, 3.8) is 0 Å². The molecule has 0 saturated carbocycles. The van der Waals surface area contributed by atoms with Gasteiger partial charge in [-0.3, -0.25) is 15.0 Å². The highest BCUT2D eigenvalue weighted by molar-refractivity contribution is 6.01. The second kappa shape index (κ2) is 4.23. The molecule has 0 bridgehead atoms. The fraction of sp³-hybridized carbons (Fsp3) is 0. The first-order valence-corrected chi connectivity index (χ1v) is 4.96. The van der Waals surface area contributed by atoms with E-state index in [1.807, 2.05) is 0 Å². The molecule has 0 aliphatic heterocycles. The minimum Gasteiger partial charge on any atom is -0.366 e. The molecular weight excluding hydrogens is 218 g/mol. The molecule has 5 nitrogen and oxygen atoms in total. The Morgan fingerprint density at radius 2 is 1.47 bits per heavy atom. The number of rotatable bonds is 2. The standard InChI is InChI=1S/C12H11N3O2/c13-11(16)9-3-1-8-6-10(12(17)15-14)4-2-7(8)5-9/h1-6H,14H2,(H2,13,16)(H,15,17). The summed E-state index contributed by atoms with van der Waals surface area (Å²) in [5, 5.41) is 1.69. The Hall–Kier alpha value is -2.40. The molecule has 0 aliphatic rings. The average molecular weight is 229 g/mol. The smallest absolute Gasteiger partial charge is 0.265 e. The lowest BCUT2D eigenvalue weighted by Gasteiger charge is -2.03. The Kier molecular flexibility index (Phi) is 2.76. The zero-order valence-corrected chi connectivity index (χ0v) is 8.94. The monoisotopic (exact) mass is 229 g/mol. The minimum absolute atomic E-state index is 0.356. The summed E-state index contributed by atoms with van der Waals surface area (Å²) in [5.41, 5.74) is 8.15. The molecule has 0 fully saturated rings. The summed E-state index contributed by atoms with van der Waals surface area (Å²) in [6, 6.07) is 10.1. The van der Waals surface area contributed by atoms with Crippen LogP contribution in [0.25, 0.3) is 10.8 Å². The molecule has 0 aromatic heterocycles. The van der Waals surface area contributed by atoms with Crippen LogP contribution in [0, 0.1) is 0 Å². The number of fused-ring (bicyclic) bond motifs is 1. The van der Waals surface area contributed by atoms with Gasteiger partial charge in [-0.1, -0.05) is 12.1 Å². The molecule has 2 amide bonds. The summed E-state index contributed by atoms with van der Waals surface area (Å²) in [7, 11) is 0. The molecule has 0 unspecified atom stereocenters. The number of primary amides is 1. The van der Waals surface area contributed by atoms with E-state index < -0.39 is 5.91 Å². The van der Waals surface area contributed by atoms with Gasteiger partial charge < -0.3 is 5.73 Å². The lowest BCUT2D eigenvalue weighted by Crippen LogP contribution is -2.29. The van der Waals surface area contributed by atoms with Crippen molar-refractivity contribution in [2.24, 2.45) is 11.6 Å². The average Bonchev–Trinajstić information content (AvgIpc) is 2.36. The van der Waals surface area contributed by atoms with E-state index in [9.17, 15) is 9.59 Å².